The molecule has 1 fully saturated rings. The van der Waals surface area contributed by atoms with E-state index in [0.717, 1.165) is 42.2 Å². The lowest BCUT2D eigenvalue weighted by Crippen LogP contribution is -2.21. The molecule has 2 rings (SSSR count). The van der Waals surface area contributed by atoms with Crippen molar-refractivity contribution >= 4 is 40.7 Å². The molecule has 1 aromatic carbocycles. The molecule has 0 aromatic heterocycles. The SMILES string of the molecule is CCOc1cc(N(CC)CC)ccc1C=N/N=C1/NC(=O)/C(=C\C(=O)OC)S1. The molecule has 0 bridgehead atoms. The Labute approximate surface area is 168 Å². The molecule has 1 N–H and O–H groups in total. The van der Waals surface area contributed by atoms with Crippen LogP contribution in [0, 0.1) is 0 Å². The Morgan fingerprint density at radius 2 is 2.04 bits per heavy atom. The number of amides is 1. The number of ether oxygens (including phenoxy) is 2. The number of benzene rings is 1. The molecule has 28 heavy (non-hydrogen) atoms. The monoisotopic (exact) mass is 404 g/mol. The average Bonchev–Trinajstić information content (AvgIpc) is 3.03. The molecule has 0 radical (unpaired) electrons. The number of nitrogens with one attached hydrogen (secondary N) is 1. The molecule has 1 saturated heterocycles. The summed E-state index contributed by atoms with van der Waals surface area (Å²) in [6.45, 7) is 8.47. The van der Waals surface area contributed by atoms with Gasteiger partial charge in [0.05, 0.1) is 24.8 Å². The highest BCUT2D eigenvalue weighted by Crippen LogP contribution is 2.26. The van der Waals surface area contributed by atoms with E-state index in [9.17, 15) is 9.59 Å². The van der Waals surface area contributed by atoms with Crippen LogP contribution in [-0.2, 0) is 14.3 Å². The van der Waals surface area contributed by atoms with Crippen LogP contribution in [0.2, 0.25) is 0 Å². The smallest absolute Gasteiger partial charge is 0.331 e. The van der Waals surface area contributed by atoms with Gasteiger partial charge >= 0.3 is 5.97 Å². The molecular weight excluding hydrogens is 380 g/mol. The van der Waals surface area contributed by atoms with Crippen molar-refractivity contribution in [2.24, 2.45) is 10.2 Å². The first-order valence-electron chi connectivity index (χ1n) is 8.93. The fourth-order valence-corrected chi connectivity index (χ4v) is 3.22. The first kappa shape index (κ1) is 21.5. The Bertz CT molecular complexity index is 816. The van der Waals surface area contributed by atoms with E-state index in [1.165, 1.54) is 7.11 Å². The predicted octanol–water partition coefficient (Wildman–Crippen LogP) is 2.54. The van der Waals surface area contributed by atoms with Gasteiger partial charge in [-0.1, -0.05) is 0 Å². The molecule has 1 amide bonds. The summed E-state index contributed by atoms with van der Waals surface area (Å²) in [5.74, 6) is -0.301. The number of esters is 1. The Hall–Kier alpha value is -2.81. The lowest BCUT2D eigenvalue weighted by Gasteiger charge is -2.22. The average molecular weight is 404 g/mol. The summed E-state index contributed by atoms with van der Waals surface area (Å²) in [5, 5.41) is 10.9. The number of hydrogen-bond acceptors (Lipinski definition) is 8. The summed E-state index contributed by atoms with van der Waals surface area (Å²) in [5.41, 5.74) is 1.86. The van der Waals surface area contributed by atoms with Crippen LogP contribution in [0.5, 0.6) is 5.75 Å². The van der Waals surface area contributed by atoms with E-state index in [1.807, 2.05) is 25.1 Å². The number of rotatable bonds is 8. The second-order valence-corrected chi connectivity index (χ2v) is 6.60. The zero-order chi connectivity index (χ0) is 20.5. The van der Waals surface area contributed by atoms with Crippen molar-refractivity contribution < 1.29 is 19.1 Å². The molecule has 1 aromatic rings. The number of thioether (sulfide) groups is 1. The number of methoxy groups -OCH3 is 1. The minimum absolute atomic E-state index is 0.208. The fourth-order valence-electron chi connectivity index (χ4n) is 2.48. The van der Waals surface area contributed by atoms with Gasteiger partial charge in [0.1, 0.15) is 5.75 Å². The van der Waals surface area contributed by atoms with Gasteiger partial charge < -0.3 is 14.4 Å². The van der Waals surface area contributed by atoms with E-state index in [1.54, 1.807) is 6.21 Å². The number of carbonyl (C=O) groups is 2. The fraction of sp³-hybridized carbons (Fsp3) is 0.368. The molecule has 0 spiro atoms. The van der Waals surface area contributed by atoms with Gasteiger partial charge in [0, 0.05) is 36.5 Å². The Morgan fingerprint density at radius 1 is 1.29 bits per heavy atom. The molecule has 0 saturated carbocycles. The normalized spacial score (nSPS) is 16.6. The summed E-state index contributed by atoms with van der Waals surface area (Å²) >= 11 is 1.02. The van der Waals surface area contributed by atoms with Crippen molar-refractivity contribution in [2.45, 2.75) is 20.8 Å². The molecule has 150 valence electrons. The maximum Gasteiger partial charge on any atom is 0.331 e. The maximum atomic E-state index is 11.8. The van der Waals surface area contributed by atoms with Crippen molar-refractivity contribution in [1.82, 2.24) is 5.32 Å². The van der Waals surface area contributed by atoms with E-state index in [0.29, 0.717) is 12.4 Å². The zero-order valence-corrected chi connectivity index (χ0v) is 17.2. The molecular formula is C19H24N4O4S. The summed E-state index contributed by atoms with van der Waals surface area (Å²) in [6, 6.07) is 5.91. The van der Waals surface area contributed by atoms with Crippen molar-refractivity contribution in [3.8, 4) is 5.75 Å². The van der Waals surface area contributed by atoms with Crippen LogP contribution in [-0.4, -0.2) is 50.1 Å². The molecule has 0 atom stereocenters. The van der Waals surface area contributed by atoms with E-state index in [-0.39, 0.29) is 10.1 Å². The topological polar surface area (TPSA) is 92.6 Å². The van der Waals surface area contributed by atoms with E-state index in [2.05, 4.69) is 39.0 Å². The summed E-state index contributed by atoms with van der Waals surface area (Å²) in [4.78, 5) is 25.5. The zero-order valence-electron chi connectivity index (χ0n) is 16.4. The minimum Gasteiger partial charge on any atom is -0.493 e. The highest BCUT2D eigenvalue weighted by atomic mass is 32.2. The summed E-state index contributed by atoms with van der Waals surface area (Å²) in [7, 11) is 1.25. The van der Waals surface area contributed by atoms with Crippen molar-refractivity contribution in [2.75, 3.05) is 31.7 Å². The number of hydrogen-bond donors (Lipinski definition) is 1. The van der Waals surface area contributed by atoms with Crippen LogP contribution in [0.1, 0.15) is 26.3 Å². The van der Waals surface area contributed by atoms with Gasteiger partial charge in [-0.3, -0.25) is 10.1 Å². The maximum absolute atomic E-state index is 11.8. The second-order valence-electron chi connectivity index (χ2n) is 5.57. The van der Waals surface area contributed by atoms with Crippen LogP contribution in [0.4, 0.5) is 5.69 Å². The van der Waals surface area contributed by atoms with Gasteiger partial charge in [-0.25, -0.2) is 4.79 Å². The third-order valence-corrected chi connectivity index (χ3v) is 4.77. The molecule has 0 unspecified atom stereocenters. The van der Waals surface area contributed by atoms with Crippen LogP contribution in [0.25, 0.3) is 0 Å². The molecule has 1 heterocycles. The Kier molecular flexibility index (Phi) is 8.06. The van der Waals surface area contributed by atoms with Crippen LogP contribution in [0.3, 0.4) is 0 Å². The minimum atomic E-state index is -0.600. The molecule has 0 aliphatic carbocycles. The van der Waals surface area contributed by atoms with E-state index >= 15 is 0 Å². The van der Waals surface area contributed by atoms with E-state index in [4.69, 9.17) is 4.74 Å². The summed E-state index contributed by atoms with van der Waals surface area (Å²) < 4.78 is 10.2. The molecule has 1 aliphatic heterocycles. The number of amidine groups is 1. The molecule has 9 heteroatoms. The highest BCUT2D eigenvalue weighted by molar-refractivity contribution is 8.18. The molecule has 8 nitrogen and oxygen atoms in total. The number of nitrogens with zero attached hydrogens (tertiary/aromatic N) is 3. The van der Waals surface area contributed by atoms with Crippen LogP contribution in [0.15, 0.2) is 39.4 Å². The Balaban J connectivity index is 2.17. The van der Waals surface area contributed by atoms with E-state index < -0.39 is 11.9 Å². The van der Waals surface area contributed by atoms with Gasteiger partial charge in [-0.2, -0.15) is 5.10 Å². The van der Waals surface area contributed by atoms with Gasteiger partial charge in [0.2, 0.25) is 0 Å². The summed E-state index contributed by atoms with van der Waals surface area (Å²) in [6.07, 6.45) is 2.68. The first-order chi connectivity index (χ1) is 13.5. The van der Waals surface area contributed by atoms with Crippen LogP contribution >= 0.6 is 11.8 Å². The molecule has 1 aliphatic rings. The third kappa shape index (κ3) is 5.59. The Morgan fingerprint density at radius 3 is 2.68 bits per heavy atom. The quantitative estimate of drug-likeness (QED) is 0.310. The lowest BCUT2D eigenvalue weighted by molar-refractivity contribution is -0.135. The van der Waals surface area contributed by atoms with Crippen molar-refractivity contribution in [1.29, 1.82) is 0 Å². The first-order valence-corrected chi connectivity index (χ1v) is 9.75. The largest absolute Gasteiger partial charge is 0.493 e. The number of anilines is 1. The van der Waals surface area contributed by atoms with Gasteiger partial charge in [0.15, 0.2) is 5.17 Å². The van der Waals surface area contributed by atoms with Crippen LogP contribution < -0.4 is 15.0 Å². The van der Waals surface area contributed by atoms with Crippen molar-refractivity contribution in [3.05, 3.63) is 34.7 Å². The lowest BCUT2D eigenvalue weighted by atomic mass is 10.2. The number of carbonyl (C=O) groups excluding carboxylic acids is 2. The van der Waals surface area contributed by atoms with Crippen molar-refractivity contribution in [3.63, 3.8) is 0 Å². The predicted molar refractivity (Wildman–Crippen MR) is 112 cm³/mol. The van der Waals surface area contributed by atoms with Gasteiger partial charge in [-0.15, -0.1) is 5.10 Å². The second kappa shape index (κ2) is 10.5. The van der Waals surface area contributed by atoms with Gasteiger partial charge in [-0.05, 0) is 44.7 Å². The standard InChI is InChI=1S/C19H24N4O4S/c1-5-23(6-2)14-9-8-13(15(10-14)27-7-3)12-20-22-19-21-18(25)16(28-19)11-17(24)26-4/h8-12H,5-7H2,1-4H3,(H,21,22,25)/b16-11+,20-12?. The highest BCUT2D eigenvalue weighted by Gasteiger charge is 2.25. The van der Waals surface area contributed by atoms with Gasteiger partial charge in [0.25, 0.3) is 5.91 Å². The third-order valence-electron chi connectivity index (χ3n) is 3.87.